The average molecular weight is 262 g/mol. The van der Waals surface area contributed by atoms with E-state index in [4.69, 9.17) is 0 Å². The fourth-order valence-corrected chi connectivity index (χ4v) is 2.85. The minimum absolute atomic E-state index is 0.00277. The molecule has 0 saturated carbocycles. The summed E-state index contributed by atoms with van der Waals surface area (Å²) < 4.78 is 13.3. The van der Waals surface area contributed by atoms with Gasteiger partial charge in [-0.05, 0) is 30.5 Å². The van der Waals surface area contributed by atoms with E-state index < -0.39 is 6.04 Å². The first-order valence-corrected chi connectivity index (χ1v) is 6.43. The molecule has 5 heteroatoms. The third kappa shape index (κ3) is 1.89. The highest BCUT2D eigenvalue weighted by Crippen LogP contribution is 2.31. The van der Waals surface area contributed by atoms with Crippen LogP contribution in [0, 0.1) is 5.82 Å². The molecule has 2 heterocycles. The summed E-state index contributed by atoms with van der Waals surface area (Å²) in [6, 6.07) is 4.14. The van der Waals surface area contributed by atoms with E-state index >= 15 is 0 Å². The van der Waals surface area contributed by atoms with Crippen molar-refractivity contribution in [3.63, 3.8) is 0 Å². The van der Waals surface area contributed by atoms with Crippen molar-refractivity contribution in [1.82, 2.24) is 4.90 Å². The number of hydrogen-bond donors (Lipinski definition) is 0. The molecule has 0 aromatic heterocycles. The van der Waals surface area contributed by atoms with Crippen LogP contribution < -0.4 is 4.90 Å². The van der Waals surface area contributed by atoms with Crippen molar-refractivity contribution in [3.05, 3.63) is 29.6 Å². The Balaban J connectivity index is 1.87. The van der Waals surface area contributed by atoms with Gasteiger partial charge < -0.3 is 9.80 Å². The lowest BCUT2D eigenvalue weighted by Gasteiger charge is -2.25. The normalized spacial score (nSPS) is 22.0. The van der Waals surface area contributed by atoms with Crippen LogP contribution in [0.2, 0.25) is 0 Å². The van der Waals surface area contributed by atoms with Crippen LogP contribution in [0.25, 0.3) is 0 Å². The molecule has 100 valence electrons. The zero-order valence-corrected chi connectivity index (χ0v) is 10.7. The minimum atomic E-state index is -0.401. The van der Waals surface area contributed by atoms with Crippen LogP contribution in [0.1, 0.15) is 18.4 Å². The number of amides is 2. The van der Waals surface area contributed by atoms with Crippen LogP contribution in [0.15, 0.2) is 18.2 Å². The molecule has 19 heavy (non-hydrogen) atoms. The number of likely N-dealkylation sites (N-methyl/N-ethyl adjacent to an activating group) is 1. The van der Waals surface area contributed by atoms with E-state index in [1.807, 2.05) is 0 Å². The Kier molecular flexibility index (Phi) is 2.77. The van der Waals surface area contributed by atoms with Gasteiger partial charge in [0.25, 0.3) is 0 Å². The van der Waals surface area contributed by atoms with Gasteiger partial charge in [-0.3, -0.25) is 9.59 Å². The first-order chi connectivity index (χ1) is 9.08. The zero-order chi connectivity index (χ0) is 13.6. The number of anilines is 1. The molecule has 0 N–H and O–H groups in total. The summed E-state index contributed by atoms with van der Waals surface area (Å²) >= 11 is 0. The highest BCUT2D eigenvalue weighted by Gasteiger charge is 2.38. The second kappa shape index (κ2) is 4.33. The molecule has 4 nitrogen and oxygen atoms in total. The van der Waals surface area contributed by atoms with E-state index in [1.165, 1.54) is 17.0 Å². The van der Waals surface area contributed by atoms with E-state index in [9.17, 15) is 14.0 Å². The summed E-state index contributed by atoms with van der Waals surface area (Å²) in [5, 5.41) is 0. The lowest BCUT2D eigenvalue weighted by atomic mass is 10.1. The molecule has 1 aromatic carbocycles. The molecule has 0 radical (unpaired) electrons. The standard InChI is InChI=1S/C14H15FN2O2/c1-16-11(4-5-13(16)18)14(19)17-7-6-9-2-3-10(15)8-12(9)17/h2-3,8,11H,4-7H2,1H3. The summed E-state index contributed by atoms with van der Waals surface area (Å²) in [4.78, 5) is 27.1. The number of carbonyl (C=O) groups excluding carboxylic acids is 2. The van der Waals surface area contributed by atoms with Crippen molar-refractivity contribution >= 4 is 17.5 Å². The highest BCUT2D eigenvalue weighted by molar-refractivity contribution is 6.02. The number of benzene rings is 1. The highest BCUT2D eigenvalue weighted by atomic mass is 19.1. The third-order valence-electron chi connectivity index (χ3n) is 3.99. The van der Waals surface area contributed by atoms with Crippen LogP contribution in [0.5, 0.6) is 0 Å². The molecular weight excluding hydrogens is 247 g/mol. The minimum Gasteiger partial charge on any atom is -0.334 e. The number of nitrogens with zero attached hydrogens (tertiary/aromatic N) is 2. The van der Waals surface area contributed by atoms with Gasteiger partial charge in [-0.15, -0.1) is 0 Å². The molecule has 1 saturated heterocycles. The fraction of sp³-hybridized carbons (Fsp3) is 0.429. The smallest absolute Gasteiger partial charge is 0.249 e. The van der Waals surface area contributed by atoms with Crippen molar-refractivity contribution in [2.24, 2.45) is 0 Å². The molecule has 3 rings (SSSR count). The molecule has 2 aliphatic rings. The monoisotopic (exact) mass is 262 g/mol. The van der Waals surface area contributed by atoms with Gasteiger partial charge in [-0.1, -0.05) is 6.07 Å². The molecule has 0 bridgehead atoms. The van der Waals surface area contributed by atoms with Crippen LogP contribution in [-0.4, -0.2) is 36.3 Å². The van der Waals surface area contributed by atoms with Gasteiger partial charge in [-0.2, -0.15) is 0 Å². The maximum absolute atomic E-state index is 13.3. The van der Waals surface area contributed by atoms with Gasteiger partial charge in [0, 0.05) is 25.7 Å². The number of carbonyl (C=O) groups is 2. The van der Waals surface area contributed by atoms with Crippen molar-refractivity contribution in [1.29, 1.82) is 0 Å². The van der Waals surface area contributed by atoms with Crippen molar-refractivity contribution in [2.45, 2.75) is 25.3 Å². The maximum atomic E-state index is 13.3. The molecule has 1 unspecified atom stereocenters. The molecule has 2 aliphatic heterocycles. The fourth-order valence-electron chi connectivity index (χ4n) is 2.85. The predicted molar refractivity (Wildman–Crippen MR) is 68.2 cm³/mol. The maximum Gasteiger partial charge on any atom is 0.249 e. The first kappa shape index (κ1) is 12.1. The van der Waals surface area contributed by atoms with Gasteiger partial charge in [0.05, 0.1) is 0 Å². The Labute approximate surface area is 110 Å². The number of fused-ring (bicyclic) bond motifs is 1. The summed E-state index contributed by atoms with van der Waals surface area (Å²) in [6.45, 7) is 0.566. The van der Waals surface area contributed by atoms with E-state index in [0.717, 1.165) is 12.0 Å². The van der Waals surface area contributed by atoms with Gasteiger partial charge in [0.2, 0.25) is 11.8 Å². The third-order valence-corrected chi connectivity index (χ3v) is 3.99. The van der Waals surface area contributed by atoms with E-state index in [2.05, 4.69) is 0 Å². The van der Waals surface area contributed by atoms with E-state index in [-0.39, 0.29) is 17.6 Å². The number of rotatable bonds is 1. The molecule has 1 atom stereocenters. The summed E-state index contributed by atoms with van der Waals surface area (Å²) in [5.74, 6) is -0.441. The van der Waals surface area contributed by atoms with Crippen molar-refractivity contribution in [2.75, 3.05) is 18.5 Å². The van der Waals surface area contributed by atoms with E-state index in [1.54, 1.807) is 18.0 Å². The molecule has 1 fully saturated rings. The van der Waals surface area contributed by atoms with Crippen LogP contribution in [0.3, 0.4) is 0 Å². The number of halogens is 1. The van der Waals surface area contributed by atoms with Crippen LogP contribution in [0.4, 0.5) is 10.1 Å². The van der Waals surface area contributed by atoms with Gasteiger partial charge >= 0.3 is 0 Å². The average Bonchev–Trinajstić information content (AvgIpc) is 2.94. The molecule has 1 aromatic rings. The lowest BCUT2D eigenvalue weighted by molar-refractivity contribution is -0.132. The van der Waals surface area contributed by atoms with Crippen molar-refractivity contribution in [3.8, 4) is 0 Å². The topological polar surface area (TPSA) is 40.6 Å². The van der Waals surface area contributed by atoms with Gasteiger partial charge in [0.1, 0.15) is 11.9 Å². The Morgan fingerprint density at radius 1 is 1.37 bits per heavy atom. The van der Waals surface area contributed by atoms with E-state index in [0.29, 0.717) is 25.1 Å². The molecule has 2 amide bonds. The largest absolute Gasteiger partial charge is 0.334 e. The Morgan fingerprint density at radius 2 is 2.16 bits per heavy atom. The zero-order valence-electron chi connectivity index (χ0n) is 10.7. The van der Waals surface area contributed by atoms with Crippen molar-refractivity contribution < 1.29 is 14.0 Å². The quantitative estimate of drug-likeness (QED) is 0.766. The second-order valence-corrected chi connectivity index (χ2v) is 5.07. The van der Waals surface area contributed by atoms with Crippen LogP contribution in [-0.2, 0) is 16.0 Å². The predicted octanol–water partition coefficient (Wildman–Crippen LogP) is 1.34. The van der Waals surface area contributed by atoms with Crippen LogP contribution >= 0.6 is 0 Å². The van der Waals surface area contributed by atoms with Gasteiger partial charge in [-0.25, -0.2) is 4.39 Å². The number of hydrogen-bond acceptors (Lipinski definition) is 2. The first-order valence-electron chi connectivity index (χ1n) is 6.43. The second-order valence-electron chi connectivity index (χ2n) is 5.07. The summed E-state index contributed by atoms with van der Waals surface area (Å²) in [7, 11) is 1.65. The Morgan fingerprint density at radius 3 is 2.84 bits per heavy atom. The lowest BCUT2D eigenvalue weighted by Crippen LogP contribution is -2.44. The summed E-state index contributed by atoms with van der Waals surface area (Å²) in [5.41, 5.74) is 1.64. The number of likely N-dealkylation sites (tertiary alicyclic amines) is 1. The van der Waals surface area contributed by atoms with Gasteiger partial charge in [0.15, 0.2) is 0 Å². The Hall–Kier alpha value is -1.91. The summed E-state index contributed by atoms with van der Waals surface area (Å²) in [6.07, 6.45) is 1.71. The molecule has 0 spiro atoms. The molecular formula is C14H15FN2O2. The molecule has 0 aliphatic carbocycles. The SMILES string of the molecule is CN1C(=O)CCC1C(=O)N1CCc2ccc(F)cc21. The Bertz CT molecular complexity index is 558.